The Bertz CT molecular complexity index is 976. The van der Waals surface area contributed by atoms with Crippen molar-refractivity contribution in [3.63, 3.8) is 0 Å². The maximum atomic E-state index is 13.5. The fraction of sp³-hybridized carbons (Fsp3) is 0.435. The van der Waals surface area contributed by atoms with Crippen LogP contribution in [0, 0.1) is 23.7 Å². The second-order valence-electron chi connectivity index (χ2n) is 8.31. The Hall–Kier alpha value is -2.91. The number of rotatable bonds is 2. The van der Waals surface area contributed by atoms with Crippen molar-refractivity contribution in [1.82, 2.24) is 9.88 Å². The van der Waals surface area contributed by atoms with Gasteiger partial charge in [-0.3, -0.25) is 4.79 Å². The maximum Gasteiger partial charge on any atom is 0.231 e. The second-order valence-corrected chi connectivity index (χ2v) is 8.31. The number of aromatic nitrogens is 1. The summed E-state index contributed by atoms with van der Waals surface area (Å²) in [7, 11) is 0. The molecule has 0 saturated carbocycles. The monoisotopic (exact) mass is 388 g/mol. The molecule has 3 fully saturated rings. The molecule has 1 spiro atoms. The summed E-state index contributed by atoms with van der Waals surface area (Å²) in [6.07, 6.45) is 2.30. The molecule has 0 bridgehead atoms. The molecule has 5 rings (SSSR count). The van der Waals surface area contributed by atoms with E-state index in [1.54, 1.807) is 0 Å². The van der Waals surface area contributed by atoms with E-state index in [1.807, 2.05) is 42.2 Å². The van der Waals surface area contributed by atoms with Crippen LogP contribution in [0.5, 0.6) is 0 Å². The molecule has 6 heteroatoms. The van der Waals surface area contributed by atoms with Crippen LogP contribution in [0.4, 0.5) is 5.82 Å². The van der Waals surface area contributed by atoms with Crippen LogP contribution in [0.25, 0.3) is 0 Å². The lowest BCUT2D eigenvalue weighted by molar-refractivity contribution is -0.139. The first-order valence-corrected chi connectivity index (χ1v) is 10.2. The van der Waals surface area contributed by atoms with E-state index < -0.39 is 0 Å². The Morgan fingerprint density at radius 3 is 2.62 bits per heavy atom. The molecule has 6 nitrogen and oxygen atoms in total. The minimum absolute atomic E-state index is 0.0222. The third-order valence-corrected chi connectivity index (χ3v) is 6.77. The number of pyridine rings is 1. The fourth-order valence-corrected chi connectivity index (χ4v) is 5.04. The van der Waals surface area contributed by atoms with Crippen molar-refractivity contribution in [2.24, 2.45) is 5.41 Å². The molecule has 3 aliphatic rings. The number of ether oxygens (including phenoxy) is 1. The molecular weight excluding hydrogens is 364 g/mol. The van der Waals surface area contributed by atoms with E-state index >= 15 is 0 Å². The third kappa shape index (κ3) is 2.89. The molecule has 3 aliphatic heterocycles. The number of hydrogen-bond acceptors (Lipinski definition) is 5. The third-order valence-electron chi connectivity index (χ3n) is 6.77. The molecular formula is C23H24N4O2. The van der Waals surface area contributed by atoms with Gasteiger partial charge in [-0.2, -0.15) is 5.26 Å². The first kappa shape index (κ1) is 18.1. The predicted octanol–water partition coefficient (Wildman–Crippen LogP) is 3.18. The Labute approximate surface area is 170 Å². The molecule has 1 aromatic heterocycles. The topological polar surface area (TPSA) is 69.5 Å². The predicted molar refractivity (Wildman–Crippen MR) is 108 cm³/mol. The van der Waals surface area contributed by atoms with Crippen LogP contribution in [0.3, 0.4) is 0 Å². The lowest BCUT2D eigenvalue weighted by Gasteiger charge is -2.39. The Morgan fingerprint density at radius 1 is 1.17 bits per heavy atom. The van der Waals surface area contributed by atoms with E-state index in [0.29, 0.717) is 12.2 Å². The molecule has 3 saturated heterocycles. The highest BCUT2D eigenvalue weighted by Gasteiger charge is 2.57. The Balaban J connectivity index is 1.32. The summed E-state index contributed by atoms with van der Waals surface area (Å²) in [6, 6.07) is 16.1. The van der Waals surface area contributed by atoms with Crippen molar-refractivity contribution in [3.8, 4) is 6.07 Å². The lowest BCUT2D eigenvalue weighted by atomic mass is 9.76. The van der Waals surface area contributed by atoms with Gasteiger partial charge in [-0.1, -0.05) is 30.3 Å². The lowest BCUT2D eigenvalue weighted by Crippen LogP contribution is -2.45. The van der Waals surface area contributed by atoms with E-state index in [-0.39, 0.29) is 23.6 Å². The number of fused-ring (bicyclic) bond motifs is 1. The minimum atomic E-state index is -0.323. The van der Waals surface area contributed by atoms with Gasteiger partial charge in [0.2, 0.25) is 5.91 Å². The van der Waals surface area contributed by atoms with E-state index in [9.17, 15) is 4.79 Å². The number of amides is 1. The number of nitrogens with zero attached hydrogens (tertiary/aromatic N) is 4. The molecule has 4 heterocycles. The SMILES string of the molecule is Cc1nc(N2CCC3(CC2)C[C@@H]2OC[C@@H](c4ccccc4)N2C3=O)ccc1C#N. The number of anilines is 1. The van der Waals surface area contributed by atoms with Crippen LogP contribution >= 0.6 is 0 Å². The minimum Gasteiger partial charge on any atom is -0.357 e. The first-order chi connectivity index (χ1) is 14.1. The summed E-state index contributed by atoms with van der Waals surface area (Å²) in [5.41, 5.74) is 2.19. The van der Waals surface area contributed by atoms with Crippen molar-refractivity contribution < 1.29 is 9.53 Å². The second kappa shape index (κ2) is 6.85. The zero-order valence-corrected chi connectivity index (χ0v) is 16.5. The van der Waals surface area contributed by atoms with Crippen molar-refractivity contribution in [3.05, 3.63) is 59.3 Å². The summed E-state index contributed by atoms with van der Waals surface area (Å²) in [4.78, 5) is 22.3. The number of carbonyl (C=O) groups is 1. The van der Waals surface area contributed by atoms with Crippen molar-refractivity contribution in [1.29, 1.82) is 5.26 Å². The van der Waals surface area contributed by atoms with E-state index in [4.69, 9.17) is 10.00 Å². The van der Waals surface area contributed by atoms with Gasteiger partial charge in [0, 0.05) is 19.5 Å². The highest BCUT2D eigenvalue weighted by molar-refractivity contribution is 5.86. The normalized spacial score (nSPS) is 25.3. The smallest absolute Gasteiger partial charge is 0.231 e. The van der Waals surface area contributed by atoms with Gasteiger partial charge >= 0.3 is 0 Å². The van der Waals surface area contributed by atoms with Crippen LogP contribution in [0.2, 0.25) is 0 Å². The van der Waals surface area contributed by atoms with Crippen LogP contribution in [0.1, 0.15) is 42.1 Å². The molecule has 0 radical (unpaired) electrons. The molecule has 29 heavy (non-hydrogen) atoms. The highest BCUT2D eigenvalue weighted by Crippen LogP contribution is 2.50. The number of benzene rings is 1. The fourth-order valence-electron chi connectivity index (χ4n) is 5.04. The van der Waals surface area contributed by atoms with Crippen molar-refractivity contribution in [2.75, 3.05) is 24.6 Å². The zero-order chi connectivity index (χ0) is 20.0. The van der Waals surface area contributed by atoms with Crippen LogP contribution in [-0.2, 0) is 9.53 Å². The number of aryl methyl sites for hydroxylation is 1. The van der Waals surface area contributed by atoms with Gasteiger partial charge in [0.25, 0.3) is 0 Å². The molecule has 0 aliphatic carbocycles. The standard InChI is InChI=1S/C23H24N4O2/c1-16-18(14-24)7-8-20(25-16)26-11-9-23(10-12-26)13-21-27(22(23)28)19(15-29-21)17-5-3-2-4-6-17/h2-8,19,21H,9-13,15H2,1H3/t19-,21-/m0/s1. The van der Waals surface area contributed by atoms with Gasteiger partial charge in [0.1, 0.15) is 18.1 Å². The molecule has 1 amide bonds. The number of carbonyl (C=O) groups excluding carboxylic acids is 1. The summed E-state index contributed by atoms with van der Waals surface area (Å²) < 4.78 is 6.04. The van der Waals surface area contributed by atoms with Crippen LogP contribution < -0.4 is 4.90 Å². The quantitative estimate of drug-likeness (QED) is 0.790. The molecule has 0 unspecified atom stereocenters. The largest absolute Gasteiger partial charge is 0.357 e. The summed E-state index contributed by atoms with van der Waals surface area (Å²) in [5.74, 6) is 1.14. The number of piperidine rings is 1. The number of hydrogen-bond donors (Lipinski definition) is 0. The summed E-state index contributed by atoms with van der Waals surface area (Å²) >= 11 is 0. The van der Waals surface area contributed by atoms with E-state index in [0.717, 1.165) is 49.4 Å². The Morgan fingerprint density at radius 2 is 1.93 bits per heavy atom. The van der Waals surface area contributed by atoms with Gasteiger partial charge in [0.15, 0.2) is 0 Å². The van der Waals surface area contributed by atoms with Gasteiger partial charge in [-0.25, -0.2) is 4.98 Å². The van der Waals surface area contributed by atoms with Gasteiger partial charge in [-0.05, 0) is 37.5 Å². The van der Waals surface area contributed by atoms with Crippen molar-refractivity contribution >= 4 is 11.7 Å². The Kier molecular flexibility index (Phi) is 4.29. The summed E-state index contributed by atoms with van der Waals surface area (Å²) in [6.45, 7) is 4.03. The average molecular weight is 388 g/mol. The molecule has 148 valence electrons. The van der Waals surface area contributed by atoms with Gasteiger partial charge in [-0.15, -0.1) is 0 Å². The number of nitriles is 1. The van der Waals surface area contributed by atoms with Crippen LogP contribution in [-0.4, -0.2) is 41.7 Å². The molecule has 2 aromatic rings. The van der Waals surface area contributed by atoms with E-state index in [1.165, 1.54) is 0 Å². The highest BCUT2D eigenvalue weighted by atomic mass is 16.5. The average Bonchev–Trinajstić information content (AvgIpc) is 3.27. The van der Waals surface area contributed by atoms with Gasteiger partial charge < -0.3 is 14.5 Å². The first-order valence-electron chi connectivity index (χ1n) is 10.2. The maximum absolute atomic E-state index is 13.5. The molecule has 2 atom stereocenters. The summed E-state index contributed by atoms with van der Waals surface area (Å²) in [5, 5.41) is 9.11. The van der Waals surface area contributed by atoms with Crippen molar-refractivity contribution in [2.45, 2.75) is 38.5 Å². The van der Waals surface area contributed by atoms with Gasteiger partial charge in [0.05, 0.1) is 29.3 Å². The molecule has 0 N–H and O–H groups in total. The van der Waals surface area contributed by atoms with E-state index in [2.05, 4.69) is 28.1 Å². The molecule has 1 aromatic carbocycles. The van der Waals surface area contributed by atoms with Crippen LogP contribution in [0.15, 0.2) is 42.5 Å². The zero-order valence-electron chi connectivity index (χ0n) is 16.5.